The van der Waals surface area contributed by atoms with E-state index >= 15 is 0 Å². The van der Waals surface area contributed by atoms with Gasteiger partial charge in [-0.15, -0.1) is 23.1 Å². The van der Waals surface area contributed by atoms with Crippen LogP contribution in [0, 0.1) is 19.3 Å². The van der Waals surface area contributed by atoms with Gasteiger partial charge in [0.05, 0.1) is 5.56 Å². The standard InChI is InChI=1S/C25H25F3O2S2/c1-15-11-20(31-14-24(3,4)13-19-9-10-21(32-19)23(29)30)12-16(2)22(15)17-5-7-18(8-6-17)25(26,27)28/h5-12H,13-14H2,1-4H3,(H,29,30). The number of carboxylic acid groups (broad SMARTS) is 1. The molecule has 7 heteroatoms. The number of rotatable bonds is 7. The van der Waals surface area contributed by atoms with Crippen molar-refractivity contribution in [3.63, 3.8) is 0 Å². The molecule has 0 unspecified atom stereocenters. The van der Waals surface area contributed by atoms with Gasteiger partial charge in [0.2, 0.25) is 0 Å². The summed E-state index contributed by atoms with van der Waals surface area (Å²) in [5, 5.41) is 9.11. The smallest absolute Gasteiger partial charge is 0.416 e. The zero-order valence-electron chi connectivity index (χ0n) is 18.3. The molecule has 3 aromatic rings. The lowest BCUT2D eigenvalue weighted by molar-refractivity contribution is -0.137. The molecule has 0 aliphatic rings. The summed E-state index contributed by atoms with van der Waals surface area (Å²) in [6.07, 6.45) is -3.55. The molecule has 0 atom stereocenters. The van der Waals surface area contributed by atoms with Gasteiger partial charge < -0.3 is 5.11 Å². The molecular weight excluding hydrogens is 453 g/mol. The molecule has 0 saturated heterocycles. The Balaban J connectivity index is 1.72. The highest BCUT2D eigenvalue weighted by Crippen LogP contribution is 2.37. The number of hydrogen-bond donors (Lipinski definition) is 1. The Bertz CT molecular complexity index is 1090. The average Bonchev–Trinajstić information content (AvgIpc) is 3.14. The Morgan fingerprint density at radius 3 is 2.09 bits per heavy atom. The topological polar surface area (TPSA) is 37.3 Å². The van der Waals surface area contributed by atoms with Crippen LogP contribution in [0.25, 0.3) is 11.1 Å². The highest BCUT2D eigenvalue weighted by Gasteiger charge is 2.30. The van der Waals surface area contributed by atoms with Crippen LogP contribution in [-0.4, -0.2) is 16.8 Å². The van der Waals surface area contributed by atoms with Gasteiger partial charge in [-0.05, 0) is 84.3 Å². The van der Waals surface area contributed by atoms with Gasteiger partial charge in [0.25, 0.3) is 0 Å². The fraction of sp³-hybridized carbons (Fsp3) is 0.320. The van der Waals surface area contributed by atoms with Crippen LogP contribution >= 0.6 is 23.1 Å². The third-order valence-electron chi connectivity index (χ3n) is 5.16. The van der Waals surface area contributed by atoms with E-state index in [0.29, 0.717) is 4.88 Å². The van der Waals surface area contributed by atoms with Crippen LogP contribution in [0.4, 0.5) is 13.2 Å². The maximum atomic E-state index is 12.9. The largest absolute Gasteiger partial charge is 0.477 e. The first-order valence-electron chi connectivity index (χ1n) is 10.1. The number of aromatic carboxylic acids is 1. The van der Waals surface area contributed by atoms with Gasteiger partial charge in [-0.25, -0.2) is 4.79 Å². The average molecular weight is 479 g/mol. The number of thioether (sulfide) groups is 1. The van der Waals surface area contributed by atoms with Gasteiger partial charge in [-0.1, -0.05) is 26.0 Å². The van der Waals surface area contributed by atoms with E-state index < -0.39 is 17.7 Å². The lowest BCUT2D eigenvalue weighted by Gasteiger charge is -2.24. The highest BCUT2D eigenvalue weighted by molar-refractivity contribution is 7.99. The molecule has 0 aliphatic heterocycles. The minimum absolute atomic E-state index is 0.0286. The maximum Gasteiger partial charge on any atom is 0.416 e. The monoisotopic (exact) mass is 478 g/mol. The van der Waals surface area contributed by atoms with Crippen LogP contribution in [0.3, 0.4) is 0 Å². The second kappa shape index (κ2) is 9.32. The fourth-order valence-corrected chi connectivity index (χ4v) is 5.96. The van der Waals surface area contributed by atoms with Gasteiger partial charge in [-0.2, -0.15) is 13.2 Å². The molecule has 1 aromatic heterocycles. The van der Waals surface area contributed by atoms with Gasteiger partial charge in [-0.3, -0.25) is 0 Å². The molecule has 1 heterocycles. The number of hydrogen-bond acceptors (Lipinski definition) is 3. The predicted octanol–water partition coefficient (Wildman–Crippen LogP) is 8.11. The molecule has 0 spiro atoms. The molecule has 0 saturated carbocycles. The lowest BCUT2D eigenvalue weighted by Crippen LogP contribution is -2.17. The minimum atomic E-state index is -4.34. The number of halogens is 3. The van der Waals surface area contributed by atoms with Crippen LogP contribution in [-0.2, 0) is 12.6 Å². The molecular formula is C25H25F3O2S2. The van der Waals surface area contributed by atoms with Crippen molar-refractivity contribution < 1.29 is 23.1 Å². The van der Waals surface area contributed by atoms with Crippen molar-refractivity contribution in [1.82, 2.24) is 0 Å². The Hall–Kier alpha value is -2.25. The number of carbonyl (C=O) groups is 1. The van der Waals surface area contributed by atoms with E-state index in [4.69, 9.17) is 5.11 Å². The van der Waals surface area contributed by atoms with Gasteiger partial charge in [0.15, 0.2) is 0 Å². The van der Waals surface area contributed by atoms with Crippen molar-refractivity contribution in [1.29, 1.82) is 0 Å². The summed E-state index contributed by atoms with van der Waals surface area (Å²) < 4.78 is 38.6. The maximum absolute atomic E-state index is 12.9. The molecule has 2 aromatic carbocycles. The molecule has 0 bridgehead atoms. The zero-order valence-corrected chi connectivity index (χ0v) is 20.0. The SMILES string of the molecule is Cc1cc(SCC(C)(C)Cc2ccc(C(=O)O)s2)cc(C)c1-c1ccc(C(F)(F)F)cc1. The summed E-state index contributed by atoms with van der Waals surface area (Å²) >= 11 is 3.05. The molecule has 0 radical (unpaired) electrons. The van der Waals surface area contributed by atoms with E-state index in [0.717, 1.165) is 56.3 Å². The molecule has 0 fully saturated rings. The van der Waals surface area contributed by atoms with E-state index in [2.05, 4.69) is 26.0 Å². The summed E-state index contributed by atoms with van der Waals surface area (Å²) in [6, 6.07) is 13.0. The van der Waals surface area contributed by atoms with Crippen molar-refractivity contribution in [2.45, 2.75) is 45.2 Å². The summed E-state index contributed by atoms with van der Waals surface area (Å²) in [6.45, 7) is 8.29. The molecule has 0 amide bonds. The first kappa shape index (κ1) is 24.4. The number of aryl methyl sites for hydroxylation is 2. The van der Waals surface area contributed by atoms with Gasteiger partial charge in [0.1, 0.15) is 4.88 Å². The fourth-order valence-electron chi connectivity index (χ4n) is 3.68. The molecule has 3 rings (SSSR count). The van der Waals surface area contributed by atoms with E-state index in [1.165, 1.54) is 23.5 Å². The van der Waals surface area contributed by atoms with Crippen molar-refractivity contribution in [2.75, 3.05) is 5.75 Å². The van der Waals surface area contributed by atoms with Crippen molar-refractivity contribution in [2.24, 2.45) is 5.41 Å². The Labute approximate surface area is 194 Å². The Morgan fingerprint density at radius 1 is 1.00 bits per heavy atom. The number of carboxylic acids is 1. The van der Waals surface area contributed by atoms with Crippen LogP contribution in [0.15, 0.2) is 53.4 Å². The number of alkyl halides is 3. The number of thiophene rings is 1. The second-order valence-corrected chi connectivity index (χ2v) is 10.9. The normalized spacial score (nSPS) is 12.2. The van der Waals surface area contributed by atoms with Crippen LogP contribution in [0.5, 0.6) is 0 Å². The summed E-state index contributed by atoms with van der Waals surface area (Å²) in [4.78, 5) is 13.6. The van der Waals surface area contributed by atoms with Gasteiger partial charge >= 0.3 is 12.1 Å². The van der Waals surface area contributed by atoms with Crippen LogP contribution in [0.1, 0.15) is 45.1 Å². The van der Waals surface area contributed by atoms with E-state index in [-0.39, 0.29) is 5.41 Å². The Morgan fingerprint density at radius 2 is 1.59 bits per heavy atom. The molecule has 170 valence electrons. The predicted molar refractivity (Wildman–Crippen MR) is 126 cm³/mol. The van der Waals surface area contributed by atoms with E-state index in [9.17, 15) is 18.0 Å². The van der Waals surface area contributed by atoms with Crippen LogP contribution in [0.2, 0.25) is 0 Å². The summed E-state index contributed by atoms with van der Waals surface area (Å²) in [7, 11) is 0. The molecule has 2 nitrogen and oxygen atoms in total. The zero-order chi connectivity index (χ0) is 23.7. The van der Waals surface area contributed by atoms with E-state index in [1.807, 2.05) is 19.9 Å². The third kappa shape index (κ3) is 5.95. The van der Waals surface area contributed by atoms with Crippen molar-refractivity contribution >= 4 is 29.1 Å². The Kier molecular flexibility index (Phi) is 7.10. The highest BCUT2D eigenvalue weighted by atomic mass is 32.2. The molecule has 32 heavy (non-hydrogen) atoms. The van der Waals surface area contributed by atoms with Crippen molar-refractivity contribution in [3.8, 4) is 11.1 Å². The van der Waals surface area contributed by atoms with E-state index in [1.54, 1.807) is 17.8 Å². The lowest BCUT2D eigenvalue weighted by atomic mass is 9.91. The second-order valence-electron chi connectivity index (χ2n) is 8.71. The quantitative estimate of drug-likeness (QED) is 0.349. The molecule has 1 N–H and O–H groups in total. The van der Waals surface area contributed by atoms with Gasteiger partial charge in [0, 0.05) is 15.5 Å². The van der Waals surface area contributed by atoms with Crippen molar-refractivity contribution in [3.05, 3.63) is 75.0 Å². The summed E-state index contributed by atoms with van der Waals surface area (Å²) in [5.74, 6) is -0.0428. The minimum Gasteiger partial charge on any atom is -0.477 e. The summed E-state index contributed by atoms with van der Waals surface area (Å²) in [5.41, 5.74) is 3.11. The molecule has 0 aliphatic carbocycles. The first-order chi connectivity index (χ1) is 14.9. The first-order valence-corrected chi connectivity index (χ1v) is 11.9. The van der Waals surface area contributed by atoms with Crippen LogP contribution < -0.4 is 0 Å². The third-order valence-corrected chi connectivity index (χ3v) is 7.73. The number of benzene rings is 2.